The van der Waals surface area contributed by atoms with Crippen LogP contribution >= 0.6 is 0 Å². The summed E-state index contributed by atoms with van der Waals surface area (Å²) in [6.07, 6.45) is 0.683. The highest BCUT2D eigenvalue weighted by Crippen LogP contribution is 2.24. The molecule has 0 aliphatic heterocycles. The monoisotopic (exact) mass is 274 g/mol. The molecule has 20 heavy (non-hydrogen) atoms. The second-order valence-electron chi connectivity index (χ2n) is 4.88. The zero-order chi connectivity index (χ0) is 14.7. The summed E-state index contributed by atoms with van der Waals surface area (Å²) < 4.78 is 0. The van der Waals surface area contributed by atoms with Crippen LogP contribution in [0, 0.1) is 0 Å². The first-order chi connectivity index (χ1) is 9.52. The molecular weight excluding hydrogens is 256 g/mol. The second kappa shape index (κ2) is 5.77. The van der Waals surface area contributed by atoms with E-state index in [1.54, 1.807) is 24.3 Å². The van der Waals surface area contributed by atoms with Crippen LogP contribution in [-0.2, 0) is 11.2 Å². The quantitative estimate of drug-likeness (QED) is 0.793. The minimum absolute atomic E-state index is 0.0455. The second-order valence-corrected chi connectivity index (χ2v) is 4.88. The molecule has 0 radical (unpaired) electrons. The highest BCUT2D eigenvalue weighted by atomic mass is 16.3. The molecule has 0 saturated carbocycles. The van der Waals surface area contributed by atoms with Gasteiger partial charge in [0, 0.05) is 11.4 Å². The van der Waals surface area contributed by atoms with Crippen LogP contribution in [0.4, 0.5) is 0 Å². The predicted molar refractivity (Wildman–Crippen MR) is 77.8 cm³/mol. The van der Waals surface area contributed by atoms with Crippen molar-refractivity contribution >= 4 is 16.8 Å². The number of aromatic hydroxyl groups is 1. The molecule has 0 aliphatic rings. The summed E-state index contributed by atoms with van der Waals surface area (Å²) in [5, 5.41) is 13.5. The number of hydrogen-bond donors (Lipinski definition) is 3. The summed E-state index contributed by atoms with van der Waals surface area (Å²) >= 11 is 0. The Morgan fingerprint density at radius 1 is 1.40 bits per heavy atom. The Hall–Kier alpha value is -2.30. The Morgan fingerprint density at radius 2 is 2.10 bits per heavy atom. The minimum Gasteiger partial charge on any atom is -0.507 e. The molecule has 1 heterocycles. The SMILES string of the molecule is CC[C@@H](C)NC(=O)Cc1c(O)c2ccccc2[nH]c1=O. The van der Waals surface area contributed by atoms with Crippen molar-refractivity contribution in [1.29, 1.82) is 0 Å². The van der Waals surface area contributed by atoms with E-state index in [2.05, 4.69) is 10.3 Å². The number of H-pyrrole nitrogens is 1. The molecule has 5 nitrogen and oxygen atoms in total. The number of para-hydroxylation sites is 1. The van der Waals surface area contributed by atoms with Gasteiger partial charge in [-0.15, -0.1) is 0 Å². The van der Waals surface area contributed by atoms with E-state index in [0.29, 0.717) is 10.9 Å². The Balaban J connectivity index is 2.35. The van der Waals surface area contributed by atoms with Gasteiger partial charge >= 0.3 is 0 Å². The van der Waals surface area contributed by atoms with Crippen molar-refractivity contribution in [3.63, 3.8) is 0 Å². The van der Waals surface area contributed by atoms with Crippen LogP contribution in [-0.4, -0.2) is 22.0 Å². The fraction of sp³-hybridized carbons (Fsp3) is 0.333. The van der Waals surface area contributed by atoms with Crippen molar-refractivity contribution in [1.82, 2.24) is 10.3 Å². The first-order valence-corrected chi connectivity index (χ1v) is 6.65. The maximum Gasteiger partial charge on any atom is 0.255 e. The summed E-state index contributed by atoms with van der Waals surface area (Å²) in [6.45, 7) is 3.85. The lowest BCUT2D eigenvalue weighted by molar-refractivity contribution is -0.121. The molecule has 106 valence electrons. The molecule has 2 rings (SSSR count). The van der Waals surface area contributed by atoms with Gasteiger partial charge in [-0.1, -0.05) is 19.1 Å². The third-order valence-corrected chi connectivity index (χ3v) is 3.35. The number of benzene rings is 1. The highest BCUT2D eigenvalue weighted by molar-refractivity contribution is 5.88. The van der Waals surface area contributed by atoms with Crippen molar-refractivity contribution in [3.8, 4) is 5.75 Å². The number of amides is 1. The van der Waals surface area contributed by atoms with Crippen LogP contribution in [0.2, 0.25) is 0 Å². The molecule has 1 amide bonds. The van der Waals surface area contributed by atoms with E-state index in [1.165, 1.54) is 0 Å². The van der Waals surface area contributed by atoms with E-state index in [4.69, 9.17) is 0 Å². The average Bonchev–Trinajstić information content (AvgIpc) is 2.43. The molecule has 0 bridgehead atoms. The molecule has 0 unspecified atom stereocenters. The summed E-state index contributed by atoms with van der Waals surface area (Å²) in [4.78, 5) is 26.5. The van der Waals surface area contributed by atoms with Crippen LogP contribution in [0.5, 0.6) is 5.75 Å². The summed E-state index contributed by atoms with van der Waals surface area (Å²) in [6, 6.07) is 7.00. The van der Waals surface area contributed by atoms with E-state index >= 15 is 0 Å². The molecule has 1 aromatic carbocycles. The van der Waals surface area contributed by atoms with Crippen LogP contribution < -0.4 is 10.9 Å². The third-order valence-electron chi connectivity index (χ3n) is 3.35. The number of fused-ring (bicyclic) bond motifs is 1. The van der Waals surface area contributed by atoms with Gasteiger partial charge in [0.1, 0.15) is 5.75 Å². The number of pyridine rings is 1. The number of aromatic nitrogens is 1. The molecule has 5 heteroatoms. The molecule has 1 atom stereocenters. The van der Waals surface area contributed by atoms with Gasteiger partial charge in [-0.25, -0.2) is 0 Å². The fourth-order valence-electron chi connectivity index (χ4n) is 2.02. The summed E-state index contributed by atoms with van der Waals surface area (Å²) in [5.74, 6) is -0.390. The predicted octanol–water partition coefficient (Wildman–Crippen LogP) is 1.69. The number of aromatic amines is 1. The lowest BCUT2D eigenvalue weighted by atomic mass is 10.1. The van der Waals surface area contributed by atoms with Gasteiger partial charge in [0.25, 0.3) is 5.56 Å². The zero-order valence-electron chi connectivity index (χ0n) is 11.6. The van der Waals surface area contributed by atoms with Crippen molar-refractivity contribution < 1.29 is 9.90 Å². The van der Waals surface area contributed by atoms with Crippen LogP contribution in [0.15, 0.2) is 29.1 Å². The molecule has 3 N–H and O–H groups in total. The van der Waals surface area contributed by atoms with Gasteiger partial charge in [-0.3, -0.25) is 9.59 Å². The zero-order valence-corrected chi connectivity index (χ0v) is 11.6. The largest absolute Gasteiger partial charge is 0.507 e. The highest BCUT2D eigenvalue weighted by Gasteiger charge is 2.15. The smallest absolute Gasteiger partial charge is 0.255 e. The Kier molecular flexibility index (Phi) is 4.08. The Morgan fingerprint density at radius 3 is 2.80 bits per heavy atom. The first-order valence-electron chi connectivity index (χ1n) is 6.65. The van der Waals surface area contributed by atoms with E-state index in [1.807, 2.05) is 13.8 Å². The van der Waals surface area contributed by atoms with Crippen LogP contribution in [0.3, 0.4) is 0 Å². The van der Waals surface area contributed by atoms with Crippen molar-refractivity contribution in [2.75, 3.05) is 0 Å². The standard InChI is InChI=1S/C15H18N2O3/c1-3-9(2)16-13(18)8-11-14(19)10-6-4-5-7-12(10)17-15(11)20/h4-7,9H,3,8H2,1-2H3,(H,16,18)(H2,17,19,20)/t9-/m1/s1. The van der Waals surface area contributed by atoms with Gasteiger partial charge in [-0.05, 0) is 25.5 Å². The molecular formula is C15H18N2O3. The Bertz CT molecular complexity index is 691. The van der Waals surface area contributed by atoms with Crippen LogP contribution in [0.25, 0.3) is 10.9 Å². The number of rotatable bonds is 4. The number of hydrogen-bond acceptors (Lipinski definition) is 3. The van der Waals surface area contributed by atoms with Crippen molar-refractivity contribution in [2.45, 2.75) is 32.7 Å². The maximum absolute atomic E-state index is 11.9. The van der Waals surface area contributed by atoms with E-state index in [-0.39, 0.29) is 29.7 Å². The molecule has 0 aliphatic carbocycles. The maximum atomic E-state index is 11.9. The lowest BCUT2D eigenvalue weighted by Crippen LogP contribution is -2.34. The third kappa shape index (κ3) is 2.82. The molecule has 1 aromatic heterocycles. The van der Waals surface area contributed by atoms with Gasteiger partial charge in [0.05, 0.1) is 17.5 Å². The number of carbonyl (C=O) groups is 1. The average molecular weight is 274 g/mol. The molecule has 0 spiro atoms. The normalized spacial score (nSPS) is 12.3. The van der Waals surface area contributed by atoms with E-state index in [0.717, 1.165) is 6.42 Å². The first kappa shape index (κ1) is 14.1. The Labute approximate surface area is 116 Å². The van der Waals surface area contributed by atoms with Gasteiger partial charge in [0.15, 0.2) is 0 Å². The van der Waals surface area contributed by atoms with Crippen molar-refractivity contribution in [2.24, 2.45) is 0 Å². The number of carbonyl (C=O) groups excluding carboxylic acids is 1. The summed E-state index contributed by atoms with van der Waals surface area (Å²) in [7, 11) is 0. The number of nitrogens with one attached hydrogen (secondary N) is 2. The fourth-order valence-corrected chi connectivity index (χ4v) is 2.02. The van der Waals surface area contributed by atoms with Crippen LogP contribution in [0.1, 0.15) is 25.8 Å². The summed E-state index contributed by atoms with van der Waals surface area (Å²) in [5.41, 5.74) is 0.228. The lowest BCUT2D eigenvalue weighted by Gasteiger charge is -2.12. The van der Waals surface area contributed by atoms with Gasteiger partial charge in [-0.2, -0.15) is 0 Å². The van der Waals surface area contributed by atoms with E-state index < -0.39 is 5.56 Å². The molecule has 0 saturated heterocycles. The van der Waals surface area contributed by atoms with Crippen molar-refractivity contribution in [3.05, 3.63) is 40.2 Å². The van der Waals surface area contributed by atoms with E-state index in [9.17, 15) is 14.7 Å². The topological polar surface area (TPSA) is 82.2 Å². The molecule has 2 aromatic rings. The van der Waals surface area contributed by atoms with Gasteiger partial charge in [0.2, 0.25) is 5.91 Å². The molecule has 0 fully saturated rings. The van der Waals surface area contributed by atoms with Gasteiger partial charge < -0.3 is 15.4 Å². The minimum atomic E-state index is -0.430.